The third kappa shape index (κ3) is 4.01. The van der Waals surface area contributed by atoms with Crippen molar-refractivity contribution in [2.75, 3.05) is 0 Å². The topological polar surface area (TPSA) is 123 Å². The van der Waals surface area contributed by atoms with Gasteiger partial charge in [-0.15, -0.1) is 0 Å². The van der Waals surface area contributed by atoms with Gasteiger partial charge in [0.2, 0.25) is 20.0 Å². The highest BCUT2D eigenvalue weighted by molar-refractivity contribution is 7.90. The van der Waals surface area contributed by atoms with Crippen LogP contribution in [-0.2, 0) is 20.0 Å². The molecule has 0 aliphatic heterocycles. The predicted molar refractivity (Wildman–Crippen MR) is 69.3 cm³/mol. The molecule has 1 aromatic carbocycles. The molecule has 0 heterocycles. The summed E-state index contributed by atoms with van der Waals surface area (Å²) in [6.45, 7) is 2.86. The highest BCUT2D eigenvalue weighted by Gasteiger charge is 2.20. The second kappa shape index (κ2) is 5.27. The second-order valence-corrected chi connectivity index (χ2v) is 7.89. The molecule has 106 valence electrons. The van der Waals surface area contributed by atoms with E-state index >= 15 is 0 Å². The van der Waals surface area contributed by atoms with Gasteiger partial charge in [-0.2, -0.15) is 0 Å². The average molecular weight is 306 g/mol. The van der Waals surface area contributed by atoms with E-state index in [1.54, 1.807) is 0 Å². The van der Waals surface area contributed by atoms with E-state index in [0.717, 1.165) is 12.1 Å². The van der Waals surface area contributed by atoms with Gasteiger partial charge in [0, 0.05) is 5.56 Å². The summed E-state index contributed by atoms with van der Waals surface area (Å²) in [6, 6.07) is 4.63. The number of amides is 1. The molecule has 3 N–H and O–H groups in total. The zero-order chi connectivity index (χ0) is 14.8. The van der Waals surface area contributed by atoms with Crippen molar-refractivity contribution in [2.24, 2.45) is 5.14 Å². The summed E-state index contributed by atoms with van der Waals surface area (Å²) in [5.41, 5.74) is 0.0247. The largest absolute Gasteiger partial charge is 0.268 e. The first kappa shape index (κ1) is 15.6. The van der Waals surface area contributed by atoms with Gasteiger partial charge < -0.3 is 0 Å². The standard InChI is InChI=1S/C10H14N2O5S2/c1-7(2)19(16,17)12-10(13)8-3-5-9(6-4-8)18(11,14)15/h3-7H,1-2H3,(H,12,13)(H2,11,14,15). The first-order valence-corrected chi connectivity index (χ1v) is 8.32. The number of hydrogen-bond donors (Lipinski definition) is 2. The Morgan fingerprint density at radius 1 is 1.11 bits per heavy atom. The number of carbonyl (C=O) groups excluding carboxylic acids is 1. The van der Waals surface area contributed by atoms with Gasteiger partial charge in [0.25, 0.3) is 5.91 Å². The van der Waals surface area contributed by atoms with Gasteiger partial charge in [-0.05, 0) is 38.1 Å². The van der Waals surface area contributed by atoms with Crippen LogP contribution in [0.15, 0.2) is 29.2 Å². The summed E-state index contributed by atoms with van der Waals surface area (Å²) in [5, 5.41) is 4.15. The van der Waals surface area contributed by atoms with Gasteiger partial charge in [-0.25, -0.2) is 26.7 Å². The number of carbonyl (C=O) groups is 1. The Hall–Kier alpha value is -1.45. The third-order valence-electron chi connectivity index (χ3n) is 2.30. The molecule has 7 nitrogen and oxygen atoms in total. The van der Waals surface area contributed by atoms with Crippen molar-refractivity contribution in [3.05, 3.63) is 29.8 Å². The molecule has 0 radical (unpaired) electrons. The molecular formula is C10H14N2O5S2. The minimum absolute atomic E-state index is 0.0247. The summed E-state index contributed by atoms with van der Waals surface area (Å²) in [4.78, 5) is 11.5. The SMILES string of the molecule is CC(C)S(=O)(=O)NC(=O)c1ccc(S(N)(=O)=O)cc1. The van der Waals surface area contributed by atoms with Crippen LogP contribution in [0.2, 0.25) is 0 Å². The predicted octanol–water partition coefficient (Wildman–Crippen LogP) is -0.198. The Labute approximate surface area is 111 Å². The number of rotatable bonds is 4. The molecule has 0 aromatic heterocycles. The van der Waals surface area contributed by atoms with Crippen LogP contribution in [0, 0.1) is 0 Å². The normalized spacial score (nSPS) is 12.4. The molecule has 0 spiro atoms. The van der Waals surface area contributed by atoms with Crippen LogP contribution in [0.25, 0.3) is 0 Å². The Morgan fingerprint density at radius 2 is 1.58 bits per heavy atom. The van der Waals surface area contributed by atoms with Crippen molar-refractivity contribution in [1.82, 2.24) is 4.72 Å². The zero-order valence-electron chi connectivity index (χ0n) is 10.3. The fourth-order valence-electron chi connectivity index (χ4n) is 1.10. The van der Waals surface area contributed by atoms with Crippen molar-refractivity contribution in [3.63, 3.8) is 0 Å². The van der Waals surface area contributed by atoms with Crippen LogP contribution in [0.5, 0.6) is 0 Å². The third-order valence-corrected chi connectivity index (χ3v) is 4.94. The summed E-state index contributed by atoms with van der Waals surface area (Å²) >= 11 is 0. The maximum atomic E-state index is 11.7. The van der Waals surface area contributed by atoms with Gasteiger partial charge in [-0.1, -0.05) is 0 Å². The molecular weight excluding hydrogens is 292 g/mol. The van der Waals surface area contributed by atoms with Crippen LogP contribution in [0.1, 0.15) is 24.2 Å². The van der Waals surface area contributed by atoms with Crippen molar-refractivity contribution >= 4 is 26.0 Å². The second-order valence-electron chi connectivity index (χ2n) is 4.09. The van der Waals surface area contributed by atoms with E-state index < -0.39 is 31.2 Å². The van der Waals surface area contributed by atoms with Crippen LogP contribution in [0.3, 0.4) is 0 Å². The summed E-state index contributed by atoms with van der Waals surface area (Å²) in [7, 11) is -7.57. The monoisotopic (exact) mass is 306 g/mol. The van der Waals surface area contributed by atoms with E-state index in [4.69, 9.17) is 5.14 Å². The van der Waals surface area contributed by atoms with Crippen molar-refractivity contribution in [3.8, 4) is 0 Å². The lowest BCUT2D eigenvalue weighted by atomic mass is 10.2. The smallest absolute Gasteiger partial charge is 0.264 e. The molecule has 19 heavy (non-hydrogen) atoms. The number of primary sulfonamides is 1. The Morgan fingerprint density at radius 3 is 1.95 bits per heavy atom. The molecule has 0 saturated heterocycles. The Balaban J connectivity index is 2.98. The zero-order valence-corrected chi connectivity index (χ0v) is 12.0. The van der Waals surface area contributed by atoms with Crippen molar-refractivity contribution in [1.29, 1.82) is 0 Å². The Bertz CT molecular complexity index is 675. The molecule has 0 atom stereocenters. The van der Waals surface area contributed by atoms with Crippen molar-refractivity contribution < 1.29 is 21.6 Å². The number of benzene rings is 1. The number of sulfonamides is 2. The van der Waals surface area contributed by atoms with E-state index in [-0.39, 0.29) is 10.5 Å². The molecule has 0 bridgehead atoms. The number of nitrogens with one attached hydrogen (secondary N) is 1. The molecule has 1 amide bonds. The fourth-order valence-corrected chi connectivity index (χ4v) is 2.23. The van der Waals surface area contributed by atoms with Gasteiger partial charge in [0.05, 0.1) is 10.1 Å². The molecule has 0 saturated carbocycles. The minimum Gasteiger partial charge on any atom is -0.268 e. The van der Waals surface area contributed by atoms with Gasteiger partial charge >= 0.3 is 0 Å². The summed E-state index contributed by atoms with van der Waals surface area (Å²) < 4.78 is 46.9. The van der Waals surface area contributed by atoms with Crippen LogP contribution in [-0.4, -0.2) is 28.0 Å². The maximum absolute atomic E-state index is 11.7. The Kier molecular flexibility index (Phi) is 4.33. The molecule has 9 heteroatoms. The maximum Gasteiger partial charge on any atom is 0.264 e. The minimum atomic E-state index is -3.84. The summed E-state index contributed by atoms with van der Waals surface area (Å²) in [5.74, 6) is -0.824. The molecule has 0 aliphatic carbocycles. The van der Waals surface area contributed by atoms with Crippen molar-refractivity contribution in [2.45, 2.75) is 24.0 Å². The molecule has 0 fully saturated rings. The number of nitrogens with two attached hydrogens (primary N) is 1. The fraction of sp³-hybridized carbons (Fsp3) is 0.300. The van der Waals surface area contributed by atoms with E-state index in [1.807, 2.05) is 4.72 Å². The van der Waals surface area contributed by atoms with Crippen LogP contribution >= 0.6 is 0 Å². The van der Waals surface area contributed by atoms with E-state index in [2.05, 4.69) is 0 Å². The lowest BCUT2D eigenvalue weighted by Gasteiger charge is -2.09. The first-order chi connectivity index (χ1) is 8.54. The van der Waals surface area contributed by atoms with Gasteiger partial charge in [0.15, 0.2) is 0 Å². The van der Waals surface area contributed by atoms with Gasteiger partial charge in [0.1, 0.15) is 0 Å². The highest BCUT2D eigenvalue weighted by Crippen LogP contribution is 2.09. The van der Waals surface area contributed by atoms with Crippen LogP contribution in [0.4, 0.5) is 0 Å². The lowest BCUT2D eigenvalue weighted by molar-refractivity contribution is 0.0981. The van der Waals surface area contributed by atoms with E-state index in [9.17, 15) is 21.6 Å². The summed E-state index contributed by atoms with van der Waals surface area (Å²) in [6.07, 6.45) is 0. The highest BCUT2D eigenvalue weighted by atomic mass is 32.2. The molecule has 0 aliphatic rings. The van der Waals surface area contributed by atoms with Crippen LogP contribution < -0.4 is 9.86 Å². The average Bonchev–Trinajstić information content (AvgIpc) is 2.27. The first-order valence-electron chi connectivity index (χ1n) is 5.23. The molecule has 1 aromatic rings. The number of hydrogen-bond acceptors (Lipinski definition) is 5. The van der Waals surface area contributed by atoms with E-state index in [1.165, 1.54) is 26.0 Å². The van der Waals surface area contributed by atoms with Gasteiger partial charge in [-0.3, -0.25) is 4.79 Å². The molecule has 1 rings (SSSR count). The van der Waals surface area contributed by atoms with E-state index in [0.29, 0.717) is 0 Å². The lowest BCUT2D eigenvalue weighted by Crippen LogP contribution is -2.35. The quantitative estimate of drug-likeness (QED) is 0.797. The molecule has 0 unspecified atom stereocenters.